The quantitative estimate of drug-likeness (QED) is 0.398. The molecule has 0 unspecified atom stereocenters. The molecular formula is C23H20ClNO3. The number of amides is 1. The van der Waals surface area contributed by atoms with Crippen molar-refractivity contribution in [1.82, 2.24) is 0 Å². The van der Waals surface area contributed by atoms with Gasteiger partial charge in [-0.05, 0) is 60.9 Å². The molecule has 2 aromatic rings. The van der Waals surface area contributed by atoms with Crippen LogP contribution < -0.4 is 9.64 Å². The number of allylic oxidation sites excluding steroid dienone is 1. The third-order valence-corrected chi connectivity index (χ3v) is 5.04. The van der Waals surface area contributed by atoms with Crippen molar-refractivity contribution >= 4 is 35.1 Å². The number of ether oxygens (including phenoxy) is 1. The van der Waals surface area contributed by atoms with Crippen molar-refractivity contribution in [3.8, 4) is 18.1 Å². The smallest absolute Gasteiger partial charge is 0.241 e. The molecule has 1 fully saturated rings. The van der Waals surface area contributed by atoms with Crippen LogP contribution in [0.2, 0.25) is 5.02 Å². The SMILES string of the molecule is C#CCN(C(=O)C1(C(=O)/C=C/c2cccc(OC)c2)CC1)c1ccc(Cl)cc1. The highest BCUT2D eigenvalue weighted by Crippen LogP contribution is 2.49. The van der Waals surface area contributed by atoms with Crippen LogP contribution in [0.3, 0.4) is 0 Å². The van der Waals surface area contributed by atoms with Crippen LogP contribution in [0.15, 0.2) is 54.6 Å². The number of carbonyl (C=O) groups is 2. The molecule has 28 heavy (non-hydrogen) atoms. The van der Waals surface area contributed by atoms with Gasteiger partial charge in [0.05, 0.1) is 13.7 Å². The maximum atomic E-state index is 13.2. The summed E-state index contributed by atoms with van der Waals surface area (Å²) in [7, 11) is 1.59. The van der Waals surface area contributed by atoms with E-state index in [9.17, 15) is 9.59 Å². The van der Waals surface area contributed by atoms with Crippen molar-refractivity contribution < 1.29 is 14.3 Å². The van der Waals surface area contributed by atoms with Gasteiger partial charge in [0.1, 0.15) is 11.2 Å². The lowest BCUT2D eigenvalue weighted by molar-refractivity contribution is -0.131. The predicted molar refractivity (Wildman–Crippen MR) is 111 cm³/mol. The normalized spacial score (nSPS) is 14.3. The molecule has 0 aliphatic heterocycles. The van der Waals surface area contributed by atoms with E-state index in [1.807, 2.05) is 24.3 Å². The zero-order valence-corrected chi connectivity index (χ0v) is 16.3. The molecule has 0 radical (unpaired) electrons. The second-order valence-electron chi connectivity index (χ2n) is 6.63. The number of hydrogen-bond acceptors (Lipinski definition) is 3. The molecule has 0 aromatic heterocycles. The molecule has 0 bridgehead atoms. The topological polar surface area (TPSA) is 46.6 Å². The number of hydrogen-bond donors (Lipinski definition) is 0. The van der Waals surface area contributed by atoms with Crippen LogP contribution in [0.5, 0.6) is 5.75 Å². The number of anilines is 1. The van der Waals surface area contributed by atoms with Crippen molar-refractivity contribution in [2.24, 2.45) is 5.41 Å². The Morgan fingerprint density at radius 1 is 1.25 bits per heavy atom. The number of carbonyl (C=O) groups excluding carboxylic acids is 2. The Morgan fingerprint density at radius 2 is 1.96 bits per heavy atom. The molecule has 0 atom stereocenters. The molecule has 0 spiro atoms. The zero-order valence-electron chi connectivity index (χ0n) is 15.5. The second kappa shape index (κ2) is 8.33. The Morgan fingerprint density at radius 3 is 2.57 bits per heavy atom. The predicted octanol–water partition coefficient (Wildman–Crippen LogP) is 4.38. The summed E-state index contributed by atoms with van der Waals surface area (Å²) in [6.45, 7) is 0.0924. The van der Waals surface area contributed by atoms with E-state index >= 15 is 0 Å². The molecule has 4 nitrogen and oxygen atoms in total. The Bertz CT molecular complexity index is 953. The fraction of sp³-hybridized carbons (Fsp3) is 0.217. The number of halogens is 1. The second-order valence-corrected chi connectivity index (χ2v) is 7.06. The summed E-state index contributed by atoms with van der Waals surface area (Å²) in [6, 6.07) is 14.2. The maximum Gasteiger partial charge on any atom is 0.241 e. The van der Waals surface area contributed by atoms with Gasteiger partial charge >= 0.3 is 0 Å². The molecule has 0 heterocycles. The molecule has 2 aromatic carbocycles. The largest absolute Gasteiger partial charge is 0.497 e. The van der Waals surface area contributed by atoms with Crippen LogP contribution in [0, 0.1) is 17.8 Å². The first-order valence-electron chi connectivity index (χ1n) is 8.88. The lowest BCUT2D eigenvalue weighted by Crippen LogP contribution is -2.41. The van der Waals surface area contributed by atoms with Crippen LogP contribution in [-0.2, 0) is 9.59 Å². The molecule has 5 heteroatoms. The van der Waals surface area contributed by atoms with Gasteiger partial charge in [-0.25, -0.2) is 0 Å². The van der Waals surface area contributed by atoms with Gasteiger partial charge in [-0.1, -0.05) is 35.7 Å². The van der Waals surface area contributed by atoms with Crippen molar-refractivity contribution in [3.63, 3.8) is 0 Å². The summed E-state index contributed by atoms with van der Waals surface area (Å²) in [5.41, 5.74) is 0.420. The molecule has 142 valence electrons. The highest BCUT2D eigenvalue weighted by atomic mass is 35.5. The molecule has 1 saturated carbocycles. The van der Waals surface area contributed by atoms with Gasteiger partial charge < -0.3 is 4.74 Å². The highest BCUT2D eigenvalue weighted by molar-refractivity contribution is 6.30. The monoisotopic (exact) mass is 393 g/mol. The summed E-state index contributed by atoms with van der Waals surface area (Å²) >= 11 is 5.93. The number of methoxy groups -OCH3 is 1. The molecule has 0 N–H and O–H groups in total. The Labute approximate surface area is 169 Å². The minimum Gasteiger partial charge on any atom is -0.497 e. The first kappa shape index (κ1) is 19.7. The van der Waals surface area contributed by atoms with Gasteiger partial charge in [0.25, 0.3) is 0 Å². The van der Waals surface area contributed by atoms with Crippen LogP contribution in [-0.4, -0.2) is 25.3 Å². The Kier molecular flexibility index (Phi) is 5.87. The Balaban J connectivity index is 1.81. The van der Waals surface area contributed by atoms with Gasteiger partial charge in [0.2, 0.25) is 5.91 Å². The third-order valence-electron chi connectivity index (χ3n) is 4.78. The molecular weight excluding hydrogens is 374 g/mol. The van der Waals surface area contributed by atoms with Crippen molar-refractivity contribution in [2.45, 2.75) is 12.8 Å². The first-order chi connectivity index (χ1) is 13.5. The molecule has 1 amide bonds. The number of nitrogens with zero attached hydrogens (tertiary/aromatic N) is 1. The summed E-state index contributed by atoms with van der Waals surface area (Å²) in [4.78, 5) is 27.5. The zero-order chi connectivity index (χ0) is 20.1. The van der Waals surface area contributed by atoms with Gasteiger partial charge in [0.15, 0.2) is 5.78 Å². The fourth-order valence-electron chi connectivity index (χ4n) is 3.02. The van der Waals surface area contributed by atoms with E-state index in [1.165, 1.54) is 11.0 Å². The maximum absolute atomic E-state index is 13.2. The van der Waals surface area contributed by atoms with Gasteiger partial charge in [0, 0.05) is 10.7 Å². The molecule has 3 rings (SSSR count). The average Bonchev–Trinajstić information content (AvgIpc) is 3.53. The number of benzene rings is 2. The lowest BCUT2D eigenvalue weighted by atomic mass is 9.97. The standard InChI is InChI=1S/C23H20ClNO3/c1-3-15-25(19-10-8-18(24)9-11-19)22(27)23(13-14-23)21(26)12-7-17-5-4-6-20(16-17)28-2/h1,4-12,16H,13-15H2,2H3/b12-7+. The highest BCUT2D eigenvalue weighted by Gasteiger charge is 2.56. The van der Waals surface area contributed by atoms with E-state index < -0.39 is 5.41 Å². The Hall–Kier alpha value is -3.03. The van der Waals surface area contributed by atoms with E-state index in [1.54, 1.807) is 37.5 Å². The van der Waals surface area contributed by atoms with Crippen LogP contribution in [0.4, 0.5) is 5.69 Å². The first-order valence-corrected chi connectivity index (χ1v) is 9.25. The third kappa shape index (κ3) is 4.11. The lowest BCUT2D eigenvalue weighted by Gasteiger charge is -2.24. The van der Waals surface area contributed by atoms with Gasteiger partial charge in [-0.15, -0.1) is 6.42 Å². The summed E-state index contributed by atoms with van der Waals surface area (Å²) in [6.07, 6.45) is 9.66. The fourth-order valence-corrected chi connectivity index (χ4v) is 3.14. The summed E-state index contributed by atoms with van der Waals surface area (Å²) in [5, 5.41) is 0.565. The number of rotatable bonds is 7. The van der Waals surface area contributed by atoms with Crippen molar-refractivity contribution in [2.75, 3.05) is 18.6 Å². The van der Waals surface area contributed by atoms with Gasteiger partial charge in [-0.2, -0.15) is 0 Å². The van der Waals surface area contributed by atoms with Crippen LogP contribution >= 0.6 is 11.6 Å². The number of ketones is 1. The molecule has 1 aliphatic rings. The van der Waals surface area contributed by atoms with Gasteiger partial charge in [-0.3, -0.25) is 14.5 Å². The molecule has 0 saturated heterocycles. The van der Waals surface area contributed by atoms with E-state index in [0.717, 1.165) is 5.56 Å². The van der Waals surface area contributed by atoms with Crippen LogP contribution in [0.1, 0.15) is 18.4 Å². The average molecular weight is 394 g/mol. The molecule has 1 aliphatic carbocycles. The van der Waals surface area contributed by atoms with Crippen LogP contribution in [0.25, 0.3) is 6.08 Å². The van der Waals surface area contributed by atoms with E-state index in [4.69, 9.17) is 22.8 Å². The van der Waals surface area contributed by atoms with Crippen molar-refractivity contribution in [1.29, 1.82) is 0 Å². The van der Waals surface area contributed by atoms with Crippen molar-refractivity contribution in [3.05, 3.63) is 65.2 Å². The van der Waals surface area contributed by atoms with E-state index in [0.29, 0.717) is 29.3 Å². The number of terminal acetylenes is 1. The summed E-state index contributed by atoms with van der Waals surface area (Å²) in [5.74, 6) is 2.72. The van der Waals surface area contributed by atoms with E-state index in [-0.39, 0.29) is 18.2 Å². The minimum absolute atomic E-state index is 0.0924. The minimum atomic E-state index is -1.04. The summed E-state index contributed by atoms with van der Waals surface area (Å²) < 4.78 is 5.19. The van der Waals surface area contributed by atoms with E-state index in [2.05, 4.69) is 5.92 Å².